The fraction of sp³-hybridized carbons (Fsp3) is 0.583. The van der Waals surface area contributed by atoms with Gasteiger partial charge in [0.25, 0.3) is 0 Å². The molecule has 0 bridgehead atoms. The Labute approximate surface area is 105 Å². The van der Waals surface area contributed by atoms with Gasteiger partial charge in [0.1, 0.15) is 0 Å². The number of aromatic nitrogens is 2. The van der Waals surface area contributed by atoms with E-state index in [0.29, 0.717) is 37.8 Å². The third-order valence-corrected chi connectivity index (χ3v) is 3.27. The van der Waals surface area contributed by atoms with Crippen molar-refractivity contribution in [2.45, 2.75) is 26.2 Å². The lowest BCUT2D eigenvalue weighted by atomic mass is 9.69. The molecule has 0 amide bonds. The summed E-state index contributed by atoms with van der Waals surface area (Å²) in [5.41, 5.74) is -0.648. The molecule has 1 fully saturated rings. The minimum Gasteiger partial charge on any atom is -0.481 e. The average Bonchev–Trinajstić information content (AvgIpc) is 2.28. The molecule has 6 nitrogen and oxygen atoms in total. The maximum absolute atomic E-state index is 11.2. The summed E-state index contributed by atoms with van der Waals surface area (Å²) in [4.78, 5) is 19.4. The van der Waals surface area contributed by atoms with Gasteiger partial charge in [0.2, 0.25) is 11.8 Å². The Morgan fingerprint density at radius 2 is 2.39 bits per heavy atom. The molecule has 2 N–H and O–H groups in total. The highest BCUT2D eigenvalue weighted by Crippen LogP contribution is 2.41. The molecule has 2 rings (SSSR count). The molecule has 1 aromatic rings. The number of nitrogens with zero attached hydrogens (tertiary/aromatic N) is 2. The van der Waals surface area contributed by atoms with Crippen LogP contribution in [-0.2, 0) is 4.79 Å². The lowest BCUT2D eigenvalue weighted by Gasteiger charge is -2.37. The highest BCUT2D eigenvalue weighted by Gasteiger charge is 2.44. The molecule has 0 spiro atoms. The van der Waals surface area contributed by atoms with Crippen LogP contribution in [0.25, 0.3) is 0 Å². The zero-order valence-electron chi connectivity index (χ0n) is 10.3. The molecule has 1 saturated carbocycles. The van der Waals surface area contributed by atoms with E-state index in [9.17, 15) is 9.90 Å². The molecule has 98 valence electrons. The van der Waals surface area contributed by atoms with Crippen LogP contribution in [0.5, 0.6) is 5.88 Å². The second-order valence-corrected chi connectivity index (χ2v) is 4.44. The Morgan fingerprint density at radius 1 is 1.61 bits per heavy atom. The van der Waals surface area contributed by atoms with Crippen molar-refractivity contribution in [1.82, 2.24) is 9.97 Å². The van der Waals surface area contributed by atoms with Crippen LogP contribution in [0.3, 0.4) is 0 Å². The van der Waals surface area contributed by atoms with Crippen LogP contribution in [0, 0.1) is 5.41 Å². The molecule has 1 aliphatic carbocycles. The molecule has 1 aromatic heterocycles. The van der Waals surface area contributed by atoms with E-state index in [-0.39, 0.29) is 0 Å². The standard InChI is InChI=1S/C12H17N3O3/c1-2-18-9-4-7-13-11(15-9)14-8-12(10(16)17)5-3-6-12/h4,7H,2-3,5-6,8H2,1H3,(H,16,17)(H,13,14,15). The lowest BCUT2D eigenvalue weighted by molar-refractivity contribution is -0.153. The van der Waals surface area contributed by atoms with Gasteiger partial charge in [-0.3, -0.25) is 4.79 Å². The predicted molar refractivity (Wildman–Crippen MR) is 65.6 cm³/mol. The van der Waals surface area contributed by atoms with Crippen LogP contribution < -0.4 is 10.1 Å². The number of carboxylic acid groups (broad SMARTS) is 1. The first-order valence-corrected chi connectivity index (χ1v) is 6.09. The fourth-order valence-electron chi connectivity index (χ4n) is 1.97. The van der Waals surface area contributed by atoms with Gasteiger partial charge in [-0.1, -0.05) is 6.42 Å². The van der Waals surface area contributed by atoms with Gasteiger partial charge >= 0.3 is 5.97 Å². The maximum atomic E-state index is 11.2. The molecule has 0 aliphatic heterocycles. The van der Waals surface area contributed by atoms with Gasteiger partial charge in [-0.05, 0) is 19.8 Å². The van der Waals surface area contributed by atoms with Crippen LogP contribution in [-0.4, -0.2) is 34.2 Å². The molecule has 6 heteroatoms. The zero-order valence-corrected chi connectivity index (χ0v) is 10.3. The topological polar surface area (TPSA) is 84.3 Å². The Kier molecular flexibility index (Phi) is 3.64. The molecule has 1 aliphatic rings. The summed E-state index contributed by atoms with van der Waals surface area (Å²) >= 11 is 0. The molecule has 0 atom stereocenters. The second kappa shape index (κ2) is 5.20. The number of carbonyl (C=O) groups is 1. The number of hydrogen-bond donors (Lipinski definition) is 2. The van der Waals surface area contributed by atoms with Crippen molar-refractivity contribution in [2.24, 2.45) is 5.41 Å². The first-order valence-electron chi connectivity index (χ1n) is 6.09. The van der Waals surface area contributed by atoms with Gasteiger partial charge < -0.3 is 15.2 Å². The normalized spacial score (nSPS) is 16.7. The summed E-state index contributed by atoms with van der Waals surface area (Å²) in [7, 11) is 0. The van der Waals surface area contributed by atoms with Crippen molar-refractivity contribution in [3.8, 4) is 5.88 Å². The van der Waals surface area contributed by atoms with Crippen LogP contribution in [0.15, 0.2) is 12.3 Å². The van der Waals surface area contributed by atoms with Gasteiger partial charge in [-0.2, -0.15) is 4.98 Å². The quantitative estimate of drug-likeness (QED) is 0.797. The first-order chi connectivity index (χ1) is 8.66. The summed E-state index contributed by atoms with van der Waals surface area (Å²) < 4.78 is 5.26. The van der Waals surface area contributed by atoms with Crippen molar-refractivity contribution in [3.05, 3.63) is 12.3 Å². The van der Waals surface area contributed by atoms with E-state index in [0.717, 1.165) is 6.42 Å². The average molecular weight is 251 g/mol. The number of anilines is 1. The first kappa shape index (κ1) is 12.6. The van der Waals surface area contributed by atoms with Gasteiger partial charge in [0.05, 0.1) is 12.0 Å². The van der Waals surface area contributed by atoms with Crippen molar-refractivity contribution in [3.63, 3.8) is 0 Å². The number of nitrogens with one attached hydrogen (secondary N) is 1. The fourth-order valence-corrected chi connectivity index (χ4v) is 1.97. The van der Waals surface area contributed by atoms with E-state index in [1.54, 1.807) is 12.3 Å². The van der Waals surface area contributed by atoms with Crippen LogP contribution in [0.1, 0.15) is 26.2 Å². The number of aliphatic carboxylic acids is 1. The third-order valence-electron chi connectivity index (χ3n) is 3.27. The molecule has 0 radical (unpaired) electrons. The van der Waals surface area contributed by atoms with E-state index >= 15 is 0 Å². The number of ether oxygens (including phenoxy) is 1. The second-order valence-electron chi connectivity index (χ2n) is 4.44. The van der Waals surface area contributed by atoms with Crippen molar-refractivity contribution in [2.75, 3.05) is 18.5 Å². The summed E-state index contributed by atoms with van der Waals surface area (Å²) in [6.45, 7) is 2.77. The van der Waals surface area contributed by atoms with Crippen molar-refractivity contribution in [1.29, 1.82) is 0 Å². The Hall–Kier alpha value is -1.85. The Bertz CT molecular complexity index is 432. The molecule has 1 heterocycles. The number of rotatable bonds is 6. The van der Waals surface area contributed by atoms with E-state index in [1.807, 2.05) is 6.92 Å². The predicted octanol–water partition coefficient (Wildman–Crippen LogP) is 1.54. The Balaban J connectivity index is 1.97. The molecule has 18 heavy (non-hydrogen) atoms. The van der Waals surface area contributed by atoms with Gasteiger partial charge in [0, 0.05) is 18.8 Å². The summed E-state index contributed by atoms with van der Waals surface area (Å²) in [6.07, 6.45) is 3.98. The number of hydrogen-bond acceptors (Lipinski definition) is 5. The molecular weight excluding hydrogens is 234 g/mol. The van der Waals surface area contributed by atoms with Crippen molar-refractivity contribution >= 4 is 11.9 Å². The number of carboxylic acids is 1. The molecule has 0 unspecified atom stereocenters. The maximum Gasteiger partial charge on any atom is 0.311 e. The van der Waals surface area contributed by atoms with Crippen LogP contribution in [0.4, 0.5) is 5.95 Å². The lowest BCUT2D eigenvalue weighted by Crippen LogP contribution is -2.43. The van der Waals surface area contributed by atoms with E-state index in [1.165, 1.54) is 0 Å². The molecule has 0 saturated heterocycles. The minimum absolute atomic E-state index is 0.359. The molecule has 0 aromatic carbocycles. The molecular formula is C12H17N3O3. The van der Waals surface area contributed by atoms with Gasteiger partial charge in [0.15, 0.2) is 0 Å². The van der Waals surface area contributed by atoms with Crippen LogP contribution in [0.2, 0.25) is 0 Å². The third kappa shape index (κ3) is 2.52. The van der Waals surface area contributed by atoms with Crippen LogP contribution >= 0.6 is 0 Å². The largest absolute Gasteiger partial charge is 0.481 e. The Morgan fingerprint density at radius 3 is 2.94 bits per heavy atom. The van der Waals surface area contributed by atoms with E-state index < -0.39 is 11.4 Å². The van der Waals surface area contributed by atoms with E-state index in [4.69, 9.17) is 4.74 Å². The smallest absolute Gasteiger partial charge is 0.311 e. The van der Waals surface area contributed by atoms with E-state index in [2.05, 4.69) is 15.3 Å². The summed E-state index contributed by atoms with van der Waals surface area (Å²) in [6, 6.07) is 1.67. The monoisotopic (exact) mass is 251 g/mol. The van der Waals surface area contributed by atoms with Crippen molar-refractivity contribution < 1.29 is 14.6 Å². The highest BCUT2D eigenvalue weighted by atomic mass is 16.5. The van der Waals surface area contributed by atoms with Gasteiger partial charge in [-0.25, -0.2) is 4.98 Å². The zero-order chi connectivity index (χ0) is 13.0. The minimum atomic E-state index is -0.748. The highest BCUT2D eigenvalue weighted by molar-refractivity contribution is 5.76. The van der Waals surface area contributed by atoms with Gasteiger partial charge in [-0.15, -0.1) is 0 Å². The SMILES string of the molecule is CCOc1ccnc(NCC2(C(=O)O)CCC2)n1. The summed E-state index contributed by atoms with van der Waals surface area (Å²) in [5, 5.41) is 12.2. The summed E-state index contributed by atoms with van der Waals surface area (Å²) in [5.74, 6) is 0.156.